The lowest BCUT2D eigenvalue weighted by Crippen LogP contribution is -2.02. The molecule has 2 rings (SSSR count). The van der Waals surface area contributed by atoms with Gasteiger partial charge >= 0.3 is 0 Å². The van der Waals surface area contributed by atoms with Gasteiger partial charge in [0.05, 0.1) is 35.9 Å². The second kappa shape index (κ2) is 6.24. The molecule has 4 nitrogen and oxygen atoms in total. The minimum Gasteiger partial charge on any atom is -0.493 e. The zero-order valence-corrected chi connectivity index (χ0v) is 13.0. The molecule has 1 unspecified atom stereocenters. The lowest BCUT2D eigenvalue weighted by atomic mass is 10.1. The molecule has 0 saturated carbocycles. The molecule has 0 radical (unpaired) electrons. The number of methoxy groups -OCH3 is 2. The number of hydrogen-bond donors (Lipinski definition) is 1. The van der Waals surface area contributed by atoms with Crippen molar-refractivity contribution in [3.63, 3.8) is 0 Å². The van der Waals surface area contributed by atoms with Crippen molar-refractivity contribution in [2.75, 3.05) is 14.2 Å². The van der Waals surface area contributed by atoms with Gasteiger partial charge in [-0.1, -0.05) is 6.07 Å². The smallest absolute Gasteiger partial charge is 0.160 e. The molecule has 1 aromatic carbocycles. The number of rotatable bonds is 5. The molecule has 0 aliphatic rings. The van der Waals surface area contributed by atoms with Crippen LogP contribution in [0.2, 0.25) is 0 Å². The van der Waals surface area contributed by atoms with Crippen LogP contribution < -0.4 is 9.47 Å². The van der Waals surface area contributed by atoms with Crippen LogP contribution in [0, 0.1) is 13.8 Å². The van der Waals surface area contributed by atoms with Crippen molar-refractivity contribution in [1.29, 1.82) is 0 Å². The fraction of sp³-hybridized carbons (Fsp3) is 0.400. The zero-order chi connectivity index (χ0) is 14.7. The Morgan fingerprint density at radius 1 is 1.20 bits per heavy atom. The van der Waals surface area contributed by atoms with Gasteiger partial charge in [-0.05, 0) is 31.5 Å². The summed E-state index contributed by atoms with van der Waals surface area (Å²) in [6, 6.07) is 5.69. The molecule has 5 heteroatoms. The molecule has 1 N–H and O–H groups in total. The summed E-state index contributed by atoms with van der Waals surface area (Å²) in [7, 11) is 3.21. The van der Waals surface area contributed by atoms with Crippen LogP contribution in [0.1, 0.15) is 27.2 Å². The molecule has 0 aliphatic carbocycles. The number of benzene rings is 1. The van der Waals surface area contributed by atoms with Gasteiger partial charge in [0.25, 0.3) is 0 Å². The van der Waals surface area contributed by atoms with Crippen molar-refractivity contribution in [2.24, 2.45) is 0 Å². The second-order valence-electron chi connectivity index (χ2n) is 4.59. The molecule has 0 fully saturated rings. The Labute approximate surface area is 123 Å². The number of aryl methyl sites for hydroxylation is 2. The van der Waals surface area contributed by atoms with E-state index in [1.54, 1.807) is 25.6 Å². The van der Waals surface area contributed by atoms with Crippen LogP contribution in [0.4, 0.5) is 0 Å². The minimum atomic E-state index is -0.542. The minimum absolute atomic E-state index is 0.531. The zero-order valence-electron chi connectivity index (χ0n) is 12.1. The van der Waals surface area contributed by atoms with Gasteiger partial charge in [-0.25, -0.2) is 4.98 Å². The summed E-state index contributed by atoms with van der Waals surface area (Å²) in [6.45, 7) is 3.88. The van der Waals surface area contributed by atoms with Crippen LogP contribution in [0.5, 0.6) is 11.5 Å². The number of aliphatic hydroxyl groups excluding tert-OH is 1. The Morgan fingerprint density at radius 2 is 1.90 bits per heavy atom. The standard InChI is InChI=1S/C15H19NO3S/c1-9-15(20-10(2)16-9)12(17)7-11-5-6-13(18-3)14(8-11)19-4/h5-6,8,12,17H,7H2,1-4H3. The Balaban J connectivity index is 2.19. The molecule has 0 amide bonds. The van der Waals surface area contributed by atoms with Gasteiger partial charge in [-0.2, -0.15) is 0 Å². The van der Waals surface area contributed by atoms with E-state index >= 15 is 0 Å². The molecule has 108 valence electrons. The van der Waals surface area contributed by atoms with E-state index in [1.807, 2.05) is 32.0 Å². The maximum atomic E-state index is 10.4. The Morgan fingerprint density at radius 3 is 2.45 bits per heavy atom. The van der Waals surface area contributed by atoms with Crippen molar-refractivity contribution >= 4 is 11.3 Å². The normalized spacial score (nSPS) is 12.2. The second-order valence-corrected chi connectivity index (χ2v) is 5.83. The number of ether oxygens (including phenoxy) is 2. The largest absolute Gasteiger partial charge is 0.493 e. The number of nitrogens with zero attached hydrogens (tertiary/aromatic N) is 1. The fourth-order valence-electron chi connectivity index (χ4n) is 2.18. The monoisotopic (exact) mass is 293 g/mol. The first kappa shape index (κ1) is 14.8. The highest BCUT2D eigenvalue weighted by Gasteiger charge is 2.16. The van der Waals surface area contributed by atoms with E-state index in [9.17, 15) is 5.11 Å². The van der Waals surface area contributed by atoms with Gasteiger partial charge in [-0.15, -0.1) is 11.3 Å². The van der Waals surface area contributed by atoms with E-state index in [2.05, 4.69) is 4.98 Å². The highest BCUT2D eigenvalue weighted by atomic mass is 32.1. The third-order valence-electron chi connectivity index (χ3n) is 3.12. The highest BCUT2D eigenvalue weighted by Crippen LogP contribution is 2.31. The molecule has 1 atom stereocenters. The van der Waals surface area contributed by atoms with E-state index < -0.39 is 6.10 Å². The number of aliphatic hydroxyl groups is 1. The molecule has 0 aliphatic heterocycles. The van der Waals surface area contributed by atoms with E-state index in [1.165, 1.54) is 0 Å². The molecule has 2 aromatic rings. The maximum absolute atomic E-state index is 10.4. The first-order valence-electron chi connectivity index (χ1n) is 6.38. The molecule has 0 spiro atoms. The predicted octanol–water partition coefficient (Wildman–Crippen LogP) is 3.05. The van der Waals surface area contributed by atoms with Gasteiger partial charge in [0.1, 0.15) is 0 Å². The lowest BCUT2D eigenvalue weighted by Gasteiger charge is -2.12. The van der Waals surface area contributed by atoms with Crippen molar-refractivity contribution in [2.45, 2.75) is 26.4 Å². The topological polar surface area (TPSA) is 51.6 Å². The molecule has 20 heavy (non-hydrogen) atoms. The molecule has 0 bridgehead atoms. The summed E-state index contributed by atoms with van der Waals surface area (Å²) in [5, 5.41) is 11.3. The van der Waals surface area contributed by atoms with Crippen LogP contribution in [0.15, 0.2) is 18.2 Å². The average molecular weight is 293 g/mol. The van der Waals surface area contributed by atoms with Gasteiger partial charge < -0.3 is 14.6 Å². The van der Waals surface area contributed by atoms with Crippen LogP contribution in [-0.2, 0) is 6.42 Å². The van der Waals surface area contributed by atoms with Crippen molar-refractivity contribution in [3.8, 4) is 11.5 Å². The summed E-state index contributed by atoms with van der Waals surface area (Å²) >= 11 is 1.54. The molecule has 0 saturated heterocycles. The average Bonchev–Trinajstić information content (AvgIpc) is 2.77. The summed E-state index contributed by atoms with van der Waals surface area (Å²) in [5.41, 5.74) is 1.90. The van der Waals surface area contributed by atoms with Crippen molar-refractivity contribution < 1.29 is 14.6 Å². The van der Waals surface area contributed by atoms with Crippen LogP contribution in [0.3, 0.4) is 0 Å². The Bertz CT molecular complexity index is 595. The summed E-state index contributed by atoms with van der Waals surface area (Å²) in [4.78, 5) is 5.28. The van der Waals surface area contributed by atoms with Gasteiger partial charge in [0, 0.05) is 6.42 Å². The van der Waals surface area contributed by atoms with E-state index in [0.29, 0.717) is 17.9 Å². The number of thiazole rings is 1. The van der Waals surface area contributed by atoms with Crippen molar-refractivity contribution in [1.82, 2.24) is 4.98 Å². The number of hydrogen-bond acceptors (Lipinski definition) is 5. The SMILES string of the molecule is COc1ccc(CC(O)c2sc(C)nc2C)cc1OC. The summed E-state index contributed by atoms with van der Waals surface area (Å²) < 4.78 is 10.5. The molecule has 1 heterocycles. The van der Waals surface area contributed by atoms with E-state index in [-0.39, 0.29) is 0 Å². The molecular formula is C15H19NO3S. The van der Waals surface area contributed by atoms with Crippen LogP contribution >= 0.6 is 11.3 Å². The first-order chi connectivity index (χ1) is 9.55. The maximum Gasteiger partial charge on any atom is 0.160 e. The predicted molar refractivity (Wildman–Crippen MR) is 79.8 cm³/mol. The highest BCUT2D eigenvalue weighted by molar-refractivity contribution is 7.11. The van der Waals surface area contributed by atoms with E-state index in [4.69, 9.17) is 9.47 Å². The third-order valence-corrected chi connectivity index (χ3v) is 4.29. The summed E-state index contributed by atoms with van der Waals surface area (Å²) in [6.07, 6.45) is -0.0117. The molecular weight excluding hydrogens is 274 g/mol. The van der Waals surface area contributed by atoms with Crippen LogP contribution in [0.25, 0.3) is 0 Å². The van der Waals surface area contributed by atoms with Gasteiger partial charge in [0.15, 0.2) is 11.5 Å². The van der Waals surface area contributed by atoms with Gasteiger partial charge in [0.2, 0.25) is 0 Å². The fourth-order valence-corrected chi connectivity index (χ4v) is 3.09. The first-order valence-corrected chi connectivity index (χ1v) is 7.19. The number of aromatic nitrogens is 1. The lowest BCUT2D eigenvalue weighted by molar-refractivity contribution is 0.181. The Kier molecular flexibility index (Phi) is 4.62. The molecule has 1 aromatic heterocycles. The quantitative estimate of drug-likeness (QED) is 0.920. The van der Waals surface area contributed by atoms with E-state index in [0.717, 1.165) is 21.1 Å². The van der Waals surface area contributed by atoms with Gasteiger partial charge in [-0.3, -0.25) is 0 Å². The third kappa shape index (κ3) is 3.11. The van der Waals surface area contributed by atoms with Crippen LogP contribution in [-0.4, -0.2) is 24.3 Å². The van der Waals surface area contributed by atoms with Crippen molar-refractivity contribution in [3.05, 3.63) is 39.3 Å². The Hall–Kier alpha value is -1.59. The summed E-state index contributed by atoms with van der Waals surface area (Å²) in [5.74, 6) is 1.37.